The van der Waals surface area contributed by atoms with Crippen LogP contribution in [0, 0.1) is 29.1 Å². The highest BCUT2D eigenvalue weighted by Crippen LogP contribution is 2.68. The molecule has 0 aromatic heterocycles. The largest absolute Gasteiger partial charge is 0.461 e. The Kier molecular flexibility index (Phi) is 7.75. The van der Waals surface area contributed by atoms with E-state index in [-0.39, 0.29) is 24.0 Å². The number of allylic oxidation sites excluding steroid dienone is 1. The number of hydrogen-bond donors (Lipinski definition) is 1. The summed E-state index contributed by atoms with van der Waals surface area (Å²) in [6, 6.07) is 8.58. The molecule has 0 amide bonds. The highest BCUT2D eigenvalue weighted by atomic mass is 16.7. The number of ketones is 1. The molecule has 1 saturated heterocycles. The van der Waals surface area contributed by atoms with E-state index in [1.165, 1.54) is 6.92 Å². The second-order valence-electron chi connectivity index (χ2n) is 13.4. The zero-order valence-electron chi connectivity index (χ0n) is 26.1. The van der Waals surface area contributed by atoms with Crippen LogP contribution in [0.3, 0.4) is 0 Å². The van der Waals surface area contributed by atoms with Crippen LogP contribution in [-0.2, 0) is 33.3 Å². The topological polar surface area (TPSA) is 129 Å². The fraction of sp³-hybridized carbons (Fsp3) is 0.588. The number of benzene rings is 1. The van der Waals surface area contributed by atoms with Crippen molar-refractivity contribution in [1.29, 1.82) is 0 Å². The maximum atomic E-state index is 14.5. The minimum Gasteiger partial charge on any atom is -0.461 e. The first-order valence-corrected chi connectivity index (χ1v) is 15.0. The van der Waals surface area contributed by atoms with Crippen molar-refractivity contribution in [2.45, 2.75) is 97.4 Å². The zero-order chi connectivity index (χ0) is 31.6. The normalized spacial score (nSPS) is 40.8. The highest BCUT2D eigenvalue weighted by Gasteiger charge is 2.84. The van der Waals surface area contributed by atoms with Crippen LogP contribution >= 0.6 is 0 Å². The molecular weight excluding hydrogens is 552 g/mol. The van der Waals surface area contributed by atoms with Crippen molar-refractivity contribution in [3.8, 4) is 0 Å². The summed E-state index contributed by atoms with van der Waals surface area (Å²) in [6.45, 7) is 13.9. The van der Waals surface area contributed by atoms with E-state index in [9.17, 15) is 24.3 Å². The second-order valence-corrected chi connectivity index (χ2v) is 13.4. The van der Waals surface area contributed by atoms with Gasteiger partial charge in [0.15, 0.2) is 17.0 Å². The number of carbonyl (C=O) groups excluding carboxylic acids is 4. The average Bonchev–Trinajstić information content (AvgIpc) is 3.76. The minimum absolute atomic E-state index is 0.246. The molecule has 10 atom stereocenters. The van der Waals surface area contributed by atoms with E-state index in [1.807, 2.05) is 20.8 Å². The molecule has 1 aromatic rings. The number of hydrogen-bond acceptors (Lipinski definition) is 9. The number of aliphatic hydroxyl groups excluding tert-OH is 1. The van der Waals surface area contributed by atoms with Gasteiger partial charge in [-0.3, -0.25) is 9.59 Å². The van der Waals surface area contributed by atoms with E-state index in [4.69, 9.17) is 18.9 Å². The monoisotopic (exact) mass is 594 g/mol. The maximum Gasteiger partial charge on any atom is 0.338 e. The van der Waals surface area contributed by atoms with Gasteiger partial charge in [-0.1, -0.05) is 52.0 Å². The van der Waals surface area contributed by atoms with Crippen molar-refractivity contribution >= 4 is 23.7 Å². The molecule has 232 valence electrons. The van der Waals surface area contributed by atoms with Gasteiger partial charge in [-0.2, -0.15) is 0 Å². The summed E-state index contributed by atoms with van der Waals surface area (Å²) in [7, 11) is 0. The van der Waals surface area contributed by atoms with E-state index < -0.39 is 70.8 Å². The quantitative estimate of drug-likeness (QED) is 0.174. The van der Waals surface area contributed by atoms with Gasteiger partial charge in [-0.25, -0.2) is 9.59 Å². The second kappa shape index (κ2) is 10.7. The summed E-state index contributed by atoms with van der Waals surface area (Å²) in [4.78, 5) is 53.1. The third kappa shape index (κ3) is 4.85. The van der Waals surface area contributed by atoms with Gasteiger partial charge < -0.3 is 24.1 Å². The first-order chi connectivity index (χ1) is 20.1. The minimum atomic E-state index is -1.34. The number of esters is 3. The van der Waals surface area contributed by atoms with Gasteiger partial charge in [0, 0.05) is 24.3 Å². The van der Waals surface area contributed by atoms with Crippen molar-refractivity contribution in [1.82, 2.24) is 0 Å². The van der Waals surface area contributed by atoms with Gasteiger partial charge in [0.05, 0.1) is 11.5 Å². The van der Waals surface area contributed by atoms with Gasteiger partial charge in [0.25, 0.3) is 0 Å². The molecule has 43 heavy (non-hydrogen) atoms. The number of fused-ring (bicyclic) bond motifs is 1. The molecule has 1 heterocycles. The van der Waals surface area contributed by atoms with Crippen molar-refractivity contribution in [2.75, 3.05) is 0 Å². The average molecular weight is 595 g/mol. The lowest BCUT2D eigenvalue weighted by atomic mass is 9.80. The lowest BCUT2D eigenvalue weighted by molar-refractivity contribution is -0.157. The molecule has 1 aromatic carbocycles. The zero-order valence-corrected chi connectivity index (χ0v) is 26.1. The highest BCUT2D eigenvalue weighted by molar-refractivity contribution is 5.96. The Labute approximate surface area is 252 Å². The Balaban J connectivity index is 1.62. The maximum absolute atomic E-state index is 14.5. The number of ether oxygens (including phenoxy) is 4. The Morgan fingerprint density at radius 1 is 1.00 bits per heavy atom. The smallest absolute Gasteiger partial charge is 0.338 e. The summed E-state index contributed by atoms with van der Waals surface area (Å²) < 4.78 is 24.3. The van der Waals surface area contributed by atoms with Gasteiger partial charge in [-0.15, -0.1) is 0 Å². The van der Waals surface area contributed by atoms with Crippen LogP contribution in [0.25, 0.3) is 0 Å². The summed E-state index contributed by atoms with van der Waals surface area (Å²) in [5.41, 5.74) is -2.02. The molecule has 1 aliphatic heterocycles. The van der Waals surface area contributed by atoms with E-state index >= 15 is 0 Å². The molecule has 1 N–H and O–H groups in total. The van der Waals surface area contributed by atoms with Crippen molar-refractivity contribution in [3.05, 3.63) is 59.2 Å². The fourth-order valence-electron chi connectivity index (χ4n) is 7.79. The Morgan fingerprint density at radius 3 is 2.23 bits per heavy atom. The van der Waals surface area contributed by atoms with Crippen LogP contribution in [0.2, 0.25) is 0 Å². The van der Waals surface area contributed by atoms with Crippen LogP contribution in [-0.4, -0.2) is 64.4 Å². The molecule has 0 spiro atoms. The lowest BCUT2D eigenvalue weighted by Crippen LogP contribution is -2.43. The predicted molar refractivity (Wildman–Crippen MR) is 156 cm³/mol. The summed E-state index contributed by atoms with van der Waals surface area (Å²) >= 11 is 0. The van der Waals surface area contributed by atoms with Crippen LogP contribution in [0.1, 0.15) is 72.2 Å². The van der Waals surface area contributed by atoms with Crippen LogP contribution in [0.4, 0.5) is 0 Å². The molecule has 0 unspecified atom stereocenters. The third-order valence-electron chi connectivity index (χ3n) is 10.3. The molecule has 0 bridgehead atoms. The van der Waals surface area contributed by atoms with Gasteiger partial charge in [-0.05, 0) is 62.3 Å². The van der Waals surface area contributed by atoms with Crippen LogP contribution in [0.15, 0.2) is 53.6 Å². The summed E-state index contributed by atoms with van der Waals surface area (Å²) in [6.07, 6.45) is -0.327. The van der Waals surface area contributed by atoms with Crippen LogP contribution < -0.4 is 0 Å². The number of Topliss-reactive ketones (excluding diaryl/α,β-unsaturated/α-hetero) is 1. The standard InChI is InChI=1S/C34H42O9/c1-9-17(2)30(38)41-27-24-23(32(24,7)8)26(40-21(6)35)20(5)28(37)33-16-19(4)29(34(33,43-33)15-18(3)25(27)36)42-31(39)22-13-11-10-12-14-22/h9-15,19-20,23-27,29,36H,16H2,1-8H3/b17-9-,18-15+/t19-,20-,23+,24-,25-,26-,27+,29+,33+,34+/m1/s1. The SMILES string of the molecule is C/C=C(/C)C(=O)O[C@H]1[C@H]2[C@@H]([C@H](OC(C)=O)[C@@H](C)C(=O)[C@@]34C[C@@H](C)[C@H](OC(=O)c5ccccc5)[C@]3(/C=C(\C)[C@H]1O)O4)C2(C)C. The first kappa shape index (κ1) is 31.1. The Bertz CT molecular complexity index is 1390. The molecule has 5 rings (SSSR count). The summed E-state index contributed by atoms with van der Waals surface area (Å²) in [5.74, 6) is -3.73. The molecule has 2 saturated carbocycles. The molecule has 9 heteroatoms. The number of rotatable bonds is 5. The number of epoxide rings is 1. The predicted octanol–water partition coefficient (Wildman–Crippen LogP) is 4.37. The number of carbonyl (C=O) groups is 4. The van der Waals surface area contributed by atoms with E-state index in [2.05, 4.69) is 0 Å². The van der Waals surface area contributed by atoms with Gasteiger partial charge in [0.2, 0.25) is 0 Å². The van der Waals surface area contributed by atoms with Crippen LogP contribution in [0.5, 0.6) is 0 Å². The number of aliphatic hydroxyl groups is 1. The Morgan fingerprint density at radius 2 is 1.63 bits per heavy atom. The Hall–Kier alpha value is -3.30. The fourth-order valence-corrected chi connectivity index (χ4v) is 7.79. The molecule has 4 aliphatic rings. The molecule has 3 aliphatic carbocycles. The lowest BCUT2D eigenvalue weighted by Gasteiger charge is -2.28. The van der Waals surface area contributed by atoms with Crippen molar-refractivity contribution < 1.29 is 43.2 Å². The summed E-state index contributed by atoms with van der Waals surface area (Å²) in [5, 5.41) is 11.8. The van der Waals surface area contributed by atoms with Gasteiger partial charge in [0.1, 0.15) is 24.4 Å². The molecular formula is C34H42O9. The van der Waals surface area contributed by atoms with Crippen molar-refractivity contribution in [3.63, 3.8) is 0 Å². The third-order valence-corrected chi connectivity index (χ3v) is 10.3. The first-order valence-electron chi connectivity index (χ1n) is 15.0. The van der Waals surface area contributed by atoms with Gasteiger partial charge >= 0.3 is 17.9 Å². The van der Waals surface area contributed by atoms with Crippen molar-refractivity contribution in [2.24, 2.45) is 29.1 Å². The molecule has 9 nitrogen and oxygen atoms in total. The van der Waals surface area contributed by atoms with E-state index in [0.29, 0.717) is 16.7 Å². The van der Waals surface area contributed by atoms with E-state index in [0.717, 1.165) is 0 Å². The molecule has 3 fully saturated rings. The molecule has 0 radical (unpaired) electrons. The van der Waals surface area contributed by atoms with E-state index in [1.54, 1.807) is 70.2 Å².